The van der Waals surface area contributed by atoms with Gasteiger partial charge >= 0.3 is 11.9 Å². The largest absolute Gasteiger partial charge is 0.495 e. The number of azide groups is 1. The number of carbonyl (C=O) groups is 4. The van der Waals surface area contributed by atoms with Crippen molar-refractivity contribution in [2.45, 2.75) is 96.5 Å². The minimum Gasteiger partial charge on any atom is -0.495 e. The summed E-state index contributed by atoms with van der Waals surface area (Å²) in [6.45, 7) is 8.99. The van der Waals surface area contributed by atoms with Gasteiger partial charge in [0.1, 0.15) is 24.0 Å². The smallest absolute Gasteiger partial charge is 0.347 e. The summed E-state index contributed by atoms with van der Waals surface area (Å²) < 4.78 is 30.0. The van der Waals surface area contributed by atoms with Crippen molar-refractivity contribution in [3.05, 3.63) is 87.3 Å². The normalized spacial score (nSPS) is 26.4. The number of amides is 2. The van der Waals surface area contributed by atoms with Crippen LogP contribution in [0.25, 0.3) is 10.4 Å². The summed E-state index contributed by atoms with van der Waals surface area (Å²) in [5.41, 5.74) is 10.4. The van der Waals surface area contributed by atoms with Crippen molar-refractivity contribution < 1.29 is 42.9 Å². The van der Waals surface area contributed by atoms with E-state index in [0.717, 1.165) is 5.56 Å². The zero-order valence-corrected chi connectivity index (χ0v) is 32.3. The first-order valence-electron chi connectivity index (χ1n) is 18.1. The van der Waals surface area contributed by atoms with Gasteiger partial charge in [0.25, 0.3) is 0 Å². The molecule has 2 aliphatic heterocycles. The highest BCUT2D eigenvalue weighted by molar-refractivity contribution is 6.32. The molecule has 2 N–H and O–H groups in total. The van der Waals surface area contributed by atoms with Crippen molar-refractivity contribution in [2.24, 2.45) is 22.9 Å². The van der Waals surface area contributed by atoms with Crippen molar-refractivity contribution in [3.8, 4) is 5.75 Å². The molecule has 0 unspecified atom stereocenters. The van der Waals surface area contributed by atoms with Gasteiger partial charge in [0.2, 0.25) is 11.8 Å². The Morgan fingerprint density at radius 2 is 1.78 bits per heavy atom. The average Bonchev–Trinajstić information content (AvgIpc) is 3.46. The third-order valence-corrected chi connectivity index (χ3v) is 9.55. The Hall–Kier alpha value is -4.62. The second kappa shape index (κ2) is 19.6. The van der Waals surface area contributed by atoms with Crippen LogP contribution in [-0.2, 0) is 44.5 Å². The van der Waals surface area contributed by atoms with Crippen LogP contribution in [0.3, 0.4) is 0 Å². The van der Waals surface area contributed by atoms with Gasteiger partial charge in [-0.2, -0.15) is 0 Å². The van der Waals surface area contributed by atoms with E-state index in [2.05, 4.69) is 20.7 Å². The summed E-state index contributed by atoms with van der Waals surface area (Å²) in [6.07, 6.45) is 0.0175. The first-order chi connectivity index (χ1) is 25.7. The van der Waals surface area contributed by atoms with E-state index in [4.69, 9.17) is 40.8 Å². The quantitative estimate of drug-likeness (QED) is 0.117. The second-order valence-electron chi connectivity index (χ2n) is 14.4. The van der Waals surface area contributed by atoms with E-state index < -0.39 is 71.8 Å². The highest BCUT2D eigenvalue weighted by atomic mass is 35.5. The van der Waals surface area contributed by atoms with Gasteiger partial charge in [-0.1, -0.05) is 80.0 Å². The first kappa shape index (κ1) is 42.1. The topological polar surface area (TPSA) is 187 Å². The molecular weight excluding hydrogens is 718 g/mol. The molecule has 0 radical (unpaired) electrons. The lowest BCUT2D eigenvalue weighted by atomic mass is 9.89. The highest BCUT2D eigenvalue weighted by Crippen LogP contribution is 2.43. The Bertz CT molecular complexity index is 1700. The number of hydrogen-bond donors (Lipinski definition) is 2. The lowest BCUT2D eigenvalue weighted by molar-refractivity contribution is -0.180. The zero-order chi connectivity index (χ0) is 39.4. The molecule has 15 heteroatoms. The standard InChI is InChI=1S/C39H50ClN5O9/c1-23(2)19-32-38(49)51-30(24(3)34-35(54-39(4,5)53-34)26-11-8-7-9-12-26)13-10-14-33(46)44-29(21-25-15-16-31(50-6)28(40)20-25)36(47)42-22-27(37(48)52-32)17-18-43-45-41/h7-12,14-16,20,23-24,27,29-30,32,34-35H,13,17-19,21-22H2,1-6H3,(H,42,47)(H,44,46)/b14-10+/t24-,27-,29+,30-,32-,34+,35+/m0/s1. The molecule has 0 saturated carbocycles. The van der Waals surface area contributed by atoms with E-state index in [1.807, 2.05) is 65.0 Å². The first-order valence-corrected chi connectivity index (χ1v) is 18.5. The highest BCUT2D eigenvalue weighted by Gasteiger charge is 2.47. The molecule has 2 amide bonds. The van der Waals surface area contributed by atoms with E-state index in [1.165, 1.54) is 13.2 Å². The predicted octanol–water partition coefficient (Wildman–Crippen LogP) is 6.17. The van der Waals surface area contributed by atoms with Crippen LogP contribution in [-0.4, -0.2) is 74.1 Å². The number of methoxy groups -OCH3 is 1. The molecule has 0 aliphatic carbocycles. The molecule has 2 aromatic carbocycles. The molecule has 2 aromatic rings. The van der Waals surface area contributed by atoms with Crippen LogP contribution in [0.2, 0.25) is 5.02 Å². The number of benzene rings is 2. The van der Waals surface area contributed by atoms with E-state index in [9.17, 15) is 19.2 Å². The summed E-state index contributed by atoms with van der Waals surface area (Å²) >= 11 is 6.35. The molecule has 7 atom stereocenters. The number of rotatable bonds is 11. The number of esters is 2. The van der Waals surface area contributed by atoms with Gasteiger partial charge in [0, 0.05) is 36.8 Å². The minimum absolute atomic E-state index is 0.0236. The van der Waals surface area contributed by atoms with Crippen molar-refractivity contribution in [1.82, 2.24) is 10.6 Å². The third-order valence-electron chi connectivity index (χ3n) is 9.26. The number of nitrogens with one attached hydrogen (secondary N) is 2. The van der Waals surface area contributed by atoms with Gasteiger partial charge in [-0.15, -0.1) is 0 Å². The molecule has 292 valence electrons. The van der Waals surface area contributed by atoms with Gasteiger partial charge < -0.3 is 34.3 Å². The van der Waals surface area contributed by atoms with Gasteiger partial charge in [-0.05, 0) is 67.5 Å². The van der Waals surface area contributed by atoms with E-state index in [1.54, 1.807) is 24.3 Å². The zero-order valence-electron chi connectivity index (χ0n) is 31.5. The minimum atomic E-state index is -1.28. The lowest BCUT2D eigenvalue weighted by Crippen LogP contribution is -2.49. The van der Waals surface area contributed by atoms with Gasteiger partial charge in [0.15, 0.2) is 11.9 Å². The Balaban J connectivity index is 1.70. The molecule has 0 bridgehead atoms. The van der Waals surface area contributed by atoms with Crippen LogP contribution < -0.4 is 15.4 Å². The van der Waals surface area contributed by atoms with Crippen molar-refractivity contribution in [2.75, 3.05) is 20.2 Å². The molecule has 14 nitrogen and oxygen atoms in total. The van der Waals surface area contributed by atoms with Crippen LogP contribution in [0, 0.1) is 17.8 Å². The van der Waals surface area contributed by atoms with Crippen molar-refractivity contribution in [1.29, 1.82) is 0 Å². The number of carbonyl (C=O) groups excluding carboxylic acids is 4. The lowest BCUT2D eigenvalue weighted by Gasteiger charge is -2.31. The SMILES string of the molecule is COc1ccc(C[C@H]2NC(=O)/C=C/C[C@@H]([C@H](C)[C@H]3OC(C)(C)O[C@@H]3c3ccccc3)OC(=O)[C@H](CC(C)C)OC(=O)[C@@H](CCN=[N+]=[N-])CNC2=O)cc1Cl. The molecule has 0 spiro atoms. The Morgan fingerprint density at radius 1 is 1.04 bits per heavy atom. The molecule has 2 aliphatic rings. The molecule has 2 heterocycles. The maximum Gasteiger partial charge on any atom is 0.347 e. The van der Waals surface area contributed by atoms with Crippen LogP contribution in [0.1, 0.15) is 71.1 Å². The third kappa shape index (κ3) is 11.9. The fourth-order valence-electron chi connectivity index (χ4n) is 6.46. The molecule has 54 heavy (non-hydrogen) atoms. The van der Waals surface area contributed by atoms with Crippen LogP contribution in [0.4, 0.5) is 0 Å². The molecule has 0 aromatic heterocycles. The van der Waals surface area contributed by atoms with Gasteiger partial charge in [0.05, 0.1) is 24.2 Å². The second-order valence-corrected chi connectivity index (χ2v) is 14.8. The van der Waals surface area contributed by atoms with Crippen LogP contribution >= 0.6 is 11.6 Å². The maximum atomic E-state index is 13.9. The number of hydrogen-bond acceptors (Lipinski definition) is 10. The summed E-state index contributed by atoms with van der Waals surface area (Å²) in [5.74, 6) is -4.70. The molecule has 4 rings (SSSR count). The van der Waals surface area contributed by atoms with Crippen molar-refractivity contribution >= 4 is 35.4 Å². The fourth-order valence-corrected chi connectivity index (χ4v) is 6.74. The fraction of sp³-hybridized carbons (Fsp3) is 0.538. The monoisotopic (exact) mass is 767 g/mol. The van der Waals surface area contributed by atoms with Crippen LogP contribution in [0.5, 0.6) is 5.75 Å². The predicted molar refractivity (Wildman–Crippen MR) is 200 cm³/mol. The van der Waals surface area contributed by atoms with Gasteiger partial charge in [-0.25, -0.2) is 4.79 Å². The number of halogens is 1. The Kier molecular flexibility index (Phi) is 15.3. The number of cyclic esters (lactones) is 2. The van der Waals surface area contributed by atoms with E-state index in [-0.39, 0.29) is 44.7 Å². The Labute approximate surface area is 320 Å². The summed E-state index contributed by atoms with van der Waals surface area (Å²) in [4.78, 5) is 57.4. The van der Waals surface area contributed by atoms with Gasteiger partial charge in [-0.3, -0.25) is 14.4 Å². The van der Waals surface area contributed by atoms with Crippen molar-refractivity contribution in [3.63, 3.8) is 0 Å². The maximum absolute atomic E-state index is 13.9. The summed E-state index contributed by atoms with van der Waals surface area (Å²) in [7, 11) is 1.49. The van der Waals surface area contributed by atoms with E-state index in [0.29, 0.717) is 16.3 Å². The van der Waals surface area contributed by atoms with E-state index >= 15 is 0 Å². The number of ether oxygens (including phenoxy) is 5. The number of nitrogens with zero attached hydrogens (tertiary/aromatic N) is 3. The molecule has 1 fully saturated rings. The molecular formula is C39H50ClN5O9. The average molecular weight is 768 g/mol. The molecule has 1 saturated heterocycles. The van der Waals surface area contributed by atoms with Crippen LogP contribution in [0.15, 0.2) is 65.8 Å². The summed E-state index contributed by atoms with van der Waals surface area (Å²) in [5, 5.41) is 9.36. The Morgan fingerprint density at radius 3 is 2.44 bits per heavy atom. The summed E-state index contributed by atoms with van der Waals surface area (Å²) in [6, 6.07) is 13.5.